The minimum atomic E-state index is -0.844. The minimum absolute atomic E-state index is 0.221. The molecule has 1 heterocycles. The first kappa shape index (κ1) is 25.1. The van der Waals surface area contributed by atoms with Gasteiger partial charge in [0.2, 0.25) is 0 Å². The number of nitrogens with zero attached hydrogens (tertiary/aromatic N) is 1. The number of nitrogens with one attached hydrogen (secondary N) is 1. The molecule has 4 amide bonds. The Morgan fingerprint density at radius 1 is 1.06 bits per heavy atom. The molecule has 3 aromatic carbocycles. The van der Waals surface area contributed by atoms with E-state index < -0.39 is 17.8 Å². The molecule has 3 aromatic rings. The zero-order valence-corrected chi connectivity index (χ0v) is 21.1. The highest BCUT2D eigenvalue weighted by molar-refractivity contribution is 9.10. The van der Waals surface area contributed by atoms with Gasteiger partial charge in [0.15, 0.2) is 0 Å². The fourth-order valence-electron chi connectivity index (χ4n) is 3.79. The standard InChI is InChI=1S/C27H22BrFN2O5/c1-3-36-24-14-16(13-22(28)20(24)15-17-6-4-5-7-23(17)29)12-21-25(32)30-27(34)31(26(21)33)18-8-10-19(35-2)11-9-18/h4-14H,3,15H2,1-2H3,(H,30,32,34)/b21-12+. The normalized spacial score (nSPS) is 14.7. The second kappa shape index (κ2) is 10.7. The number of carbonyl (C=O) groups is 3. The molecule has 0 unspecified atom stereocenters. The average Bonchev–Trinajstić information content (AvgIpc) is 2.85. The van der Waals surface area contributed by atoms with Crippen molar-refractivity contribution in [1.29, 1.82) is 0 Å². The van der Waals surface area contributed by atoms with E-state index in [1.54, 1.807) is 54.6 Å². The molecule has 0 aliphatic carbocycles. The Morgan fingerprint density at radius 3 is 2.44 bits per heavy atom. The molecule has 1 saturated heterocycles. The Kier molecular flexibility index (Phi) is 7.49. The smallest absolute Gasteiger partial charge is 0.335 e. The Hall–Kier alpha value is -3.98. The first-order valence-corrected chi connectivity index (χ1v) is 11.9. The van der Waals surface area contributed by atoms with Gasteiger partial charge in [-0.25, -0.2) is 14.1 Å². The number of ether oxygens (including phenoxy) is 2. The van der Waals surface area contributed by atoms with Crippen LogP contribution >= 0.6 is 15.9 Å². The van der Waals surface area contributed by atoms with Crippen LogP contribution in [0.5, 0.6) is 11.5 Å². The first-order valence-electron chi connectivity index (χ1n) is 11.1. The molecule has 0 spiro atoms. The van der Waals surface area contributed by atoms with Crippen LogP contribution in [-0.4, -0.2) is 31.6 Å². The highest BCUT2D eigenvalue weighted by atomic mass is 79.9. The quantitative estimate of drug-likeness (QED) is 0.319. The van der Waals surface area contributed by atoms with Crippen molar-refractivity contribution in [2.75, 3.05) is 18.6 Å². The summed E-state index contributed by atoms with van der Waals surface area (Å²) in [5.41, 5.74) is 1.78. The highest BCUT2D eigenvalue weighted by Gasteiger charge is 2.36. The van der Waals surface area contributed by atoms with E-state index in [0.717, 1.165) is 10.5 Å². The molecule has 1 aliphatic rings. The molecule has 7 nitrogen and oxygen atoms in total. The lowest BCUT2D eigenvalue weighted by Crippen LogP contribution is -2.54. The molecule has 0 atom stereocenters. The van der Waals surface area contributed by atoms with Crippen LogP contribution in [-0.2, 0) is 16.0 Å². The Balaban J connectivity index is 1.71. The van der Waals surface area contributed by atoms with Gasteiger partial charge in [0.25, 0.3) is 11.8 Å². The molecule has 0 saturated carbocycles. The number of methoxy groups -OCH3 is 1. The van der Waals surface area contributed by atoms with Crippen LogP contribution in [0.15, 0.2) is 70.7 Å². The fourth-order valence-corrected chi connectivity index (χ4v) is 4.39. The van der Waals surface area contributed by atoms with Crippen LogP contribution in [0.25, 0.3) is 6.08 Å². The van der Waals surface area contributed by atoms with Crippen molar-refractivity contribution in [2.24, 2.45) is 0 Å². The maximum atomic E-state index is 14.3. The van der Waals surface area contributed by atoms with Crippen molar-refractivity contribution >= 4 is 45.5 Å². The first-order chi connectivity index (χ1) is 17.3. The van der Waals surface area contributed by atoms with Crippen LogP contribution in [0, 0.1) is 5.82 Å². The number of carbonyl (C=O) groups excluding carboxylic acids is 3. The molecule has 1 fully saturated rings. The van der Waals surface area contributed by atoms with Gasteiger partial charge in [0.1, 0.15) is 22.9 Å². The number of hydrogen-bond donors (Lipinski definition) is 1. The number of barbiturate groups is 1. The van der Waals surface area contributed by atoms with Crippen molar-refractivity contribution in [3.63, 3.8) is 0 Å². The van der Waals surface area contributed by atoms with E-state index in [2.05, 4.69) is 21.2 Å². The van der Waals surface area contributed by atoms with Gasteiger partial charge in [-0.3, -0.25) is 14.9 Å². The predicted octanol–water partition coefficient (Wildman–Crippen LogP) is 5.25. The Morgan fingerprint density at radius 2 is 1.78 bits per heavy atom. The van der Waals surface area contributed by atoms with Crippen molar-refractivity contribution in [2.45, 2.75) is 13.3 Å². The maximum Gasteiger partial charge on any atom is 0.335 e. The van der Waals surface area contributed by atoms with E-state index in [9.17, 15) is 18.8 Å². The van der Waals surface area contributed by atoms with Crippen LogP contribution in [0.4, 0.5) is 14.9 Å². The number of urea groups is 1. The van der Waals surface area contributed by atoms with Gasteiger partial charge in [-0.15, -0.1) is 0 Å². The molecule has 1 aliphatic heterocycles. The summed E-state index contributed by atoms with van der Waals surface area (Å²) >= 11 is 3.52. The zero-order valence-electron chi connectivity index (χ0n) is 19.5. The van der Waals surface area contributed by atoms with Crippen molar-refractivity contribution < 1.29 is 28.2 Å². The third kappa shape index (κ3) is 5.16. The van der Waals surface area contributed by atoms with Gasteiger partial charge < -0.3 is 9.47 Å². The van der Waals surface area contributed by atoms with Crippen molar-refractivity contribution in [3.8, 4) is 11.5 Å². The molecule has 0 bridgehead atoms. The highest BCUT2D eigenvalue weighted by Crippen LogP contribution is 2.33. The number of hydrogen-bond acceptors (Lipinski definition) is 5. The summed E-state index contributed by atoms with van der Waals surface area (Å²) < 4.78 is 25.8. The monoisotopic (exact) mass is 552 g/mol. The van der Waals surface area contributed by atoms with Gasteiger partial charge in [0.05, 0.1) is 19.4 Å². The summed E-state index contributed by atoms with van der Waals surface area (Å²) in [7, 11) is 1.50. The van der Waals surface area contributed by atoms with E-state index in [1.807, 2.05) is 6.92 Å². The van der Waals surface area contributed by atoms with Crippen molar-refractivity contribution in [3.05, 3.63) is 93.2 Å². The molecule has 1 N–H and O–H groups in total. The second-order valence-corrected chi connectivity index (χ2v) is 8.69. The molecule has 4 rings (SSSR count). The fraction of sp³-hybridized carbons (Fsp3) is 0.148. The van der Waals surface area contributed by atoms with Gasteiger partial charge in [-0.1, -0.05) is 34.1 Å². The molecular formula is C27H22BrFN2O5. The minimum Gasteiger partial charge on any atom is -0.497 e. The predicted molar refractivity (Wildman–Crippen MR) is 137 cm³/mol. The molecule has 0 aromatic heterocycles. The summed E-state index contributed by atoms with van der Waals surface area (Å²) in [6, 6.07) is 15.3. The number of halogens is 2. The van der Waals surface area contributed by atoms with E-state index in [0.29, 0.717) is 33.7 Å². The second-order valence-electron chi connectivity index (χ2n) is 7.84. The van der Waals surface area contributed by atoms with Gasteiger partial charge in [0, 0.05) is 16.5 Å². The van der Waals surface area contributed by atoms with Gasteiger partial charge in [-0.2, -0.15) is 0 Å². The van der Waals surface area contributed by atoms with E-state index >= 15 is 0 Å². The molecule has 9 heteroatoms. The van der Waals surface area contributed by atoms with Crippen LogP contribution in [0.2, 0.25) is 0 Å². The Labute approximate surface area is 215 Å². The third-order valence-electron chi connectivity index (χ3n) is 5.55. The molecular weight excluding hydrogens is 531 g/mol. The third-order valence-corrected chi connectivity index (χ3v) is 6.25. The summed E-state index contributed by atoms with van der Waals surface area (Å²) in [5.74, 6) is -0.864. The molecule has 36 heavy (non-hydrogen) atoms. The summed E-state index contributed by atoms with van der Waals surface area (Å²) in [4.78, 5) is 39.1. The van der Waals surface area contributed by atoms with Gasteiger partial charge >= 0.3 is 6.03 Å². The molecule has 184 valence electrons. The number of benzene rings is 3. The van der Waals surface area contributed by atoms with Gasteiger partial charge in [-0.05, 0) is 66.6 Å². The number of rotatable bonds is 7. The summed E-state index contributed by atoms with van der Waals surface area (Å²) in [6.07, 6.45) is 1.67. The number of anilines is 1. The SMILES string of the molecule is CCOc1cc(/C=C2\C(=O)NC(=O)N(c3ccc(OC)cc3)C2=O)cc(Br)c1Cc1ccccc1F. The topological polar surface area (TPSA) is 84.9 Å². The number of imide groups is 2. The summed E-state index contributed by atoms with van der Waals surface area (Å²) in [5, 5.41) is 2.20. The zero-order chi connectivity index (χ0) is 25.8. The Bertz CT molecular complexity index is 1370. The van der Waals surface area contributed by atoms with Crippen molar-refractivity contribution in [1.82, 2.24) is 5.32 Å². The lowest BCUT2D eigenvalue weighted by Gasteiger charge is -2.26. The van der Waals surface area contributed by atoms with Crippen LogP contribution in [0.3, 0.4) is 0 Å². The summed E-state index contributed by atoms with van der Waals surface area (Å²) in [6.45, 7) is 2.18. The lowest BCUT2D eigenvalue weighted by atomic mass is 10.00. The van der Waals surface area contributed by atoms with E-state index in [1.165, 1.54) is 19.3 Å². The average molecular weight is 553 g/mol. The van der Waals surface area contributed by atoms with E-state index in [4.69, 9.17) is 9.47 Å². The van der Waals surface area contributed by atoms with Crippen LogP contribution < -0.4 is 19.7 Å². The van der Waals surface area contributed by atoms with E-state index in [-0.39, 0.29) is 23.5 Å². The lowest BCUT2D eigenvalue weighted by molar-refractivity contribution is -0.122. The number of amides is 4. The maximum absolute atomic E-state index is 14.3. The largest absolute Gasteiger partial charge is 0.497 e. The molecule has 0 radical (unpaired) electrons. The van der Waals surface area contributed by atoms with Crippen LogP contribution in [0.1, 0.15) is 23.6 Å².